The van der Waals surface area contributed by atoms with E-state index in [-0.39, 0.29) is 17.7 Å². The van der Waals surface area contributed by atoms with Gasteiger partial charge in [0.2, 0.25) is 0 Å². The maximum absolute atomic E-state index is 13.6. The van der Waals surface area contributed by atoms with Crippen LogP contribution in [0.25, 0.3) is 0 Å². The van der Waals surface area contributed by atoms with Gasteiger partial charge in [0.25, 0.3) is 5.91 Å². The Labute approximate surface area is 120 Å². The van der Waals surface area contributed by atoms with Crippen LogP contribution in [0.3, 0.4) is 0 Å². The van der Waals surface area contributed by atoms with Crippen molar-refractivity contribution in [3.8, 4) is 0 Å². The zero-order valence-electron chi connectivity index (χ0n) is 11.4. The number of amides is 1. The highest BCUT2D eigenvalue weighted by Gasteiger charge is 2.41. The van der Waals surface area contributed by atoms with E-state index in [0.29, 0.717) is 12.5 Å². The average molecular weight is 297 g/mol. The van der Waals surface area contributed by atoms with Gasteiger partial charge in [-0.1, -0.05) is 0 Å². The number of hydrogen-bond acceptors (Lipinski definition) is 4. The number of anilines is 1. The SMILES string of the molecule is NNc1c(F)cc(C(=O)NC2CCOC2C2CC2)cc1F. The van der Waals surface area contributed by atoms with E-state index in [1.807, 2.05) is 5.43 Å². The lowest BCUT2D eigenvalue weighted by molar-refractivity contribution is 0.0729. The molecule has 1 aromatic rings. The molecule has 1 aliphatic carbocycles. The number of benzene rings is 1. The third kappa shape index (κ3) is 2.84. The highest BCUT2D eigenvalue weighted by atomic mass is 19.1. The van der Waals surface area contributed by atoms with Crippen LogP contribution in [0.1, 0.15) is 29.6 Å². The number of halogens is 2. The molecule has 0 radical (unpaired) electrons. The molecular weight excluding hydrogens is 280 g/mol. The summed E-state index contributed by atoms with van der Waals surface area (Å²) in [6.45, 7) is 0.602. The summed E-state index contributed by atoms with van der Waals surface area (Å²) in [4.78, 5) is 12.1. The zero-order chi connectivity index (χ0) is 15.0. The Balaban J connectivity index is 1.73. The van der Waals surface area contributed by atoms with E-state index >= 15 is 0 Å². The molecule has 1 aromatic carbocycles. The molecule has 21 heavy (non-hydrogen) atoms. The third-order valence-electron chi connectivity index (χ3n) is 3.99. The molecule has 2 unspecified atom stereocenters. The summed E-state index contributed by atoms with van der Waals surface area (Å²) < 4.78 is 32.8. The van der Waals surface area contributed by atoms with E-state index in [1.54, 1.807) is 0 Å². The summed E-state index contributed by atoms with van der Waals surface area (Å²) in [5, 5.41) is 2.81. The van der Waals surface area contributed by atoms with Gasteiger partial charge in [-0.2, -0.15) is 0 Å². The number of hydrogen-bond donors (Lipinski definition) is 3. The predicted molar refractivity (Wildman–Crippen MR) is 72.5 cm³/mol. The van der Waals surface area contributed by atoms with Gasteiger partial charge in [-0.05, 0) is 37.3 Å². The first-order valence-corrected chi connectivity index (χ1v) is 6.98. The van der Waals surface area contributed by atoms with Gasteiger partial charge in [0.05, 0.1) is 12.1 Å². The third-order valence-corrected chi connectivity index (χ3v) is 3.99. The average Bonchev–Trinajstić information content (AvgIpc) is 3.19. The molecule has 2 aliphatic rings. The number of nitrogens with two attached hydrogens (primary N) is 1. The first-order chi connectivity index (χ1) is 10.1. The predicted octanol–water partition coefficient (Wildman–Crippen LogP) is 1.55. The molecule has 5 nitrogen and oxygen atoms in total. The Hall–Kier alpha value is -1.73. The van der Waals surface area contributed by atoms with Crippen molar-refractivity contribution in [1.82, 2.24) is 5.32 Å². The van der Waals surface area contributed by atoms with Crippen LogP contribution in [0.5, 0.6) is 0 Å². The molecule has 1 amide bonds. The summed E-state index contributed by atoms with van der Waals surface area (Å²) >= 11 is 0. The van der Waals surface area contributed by atoms with Crippen LogP contribution in [0.15, 0.2) is 12.1 Å². The molecule has 114 valence electrons. The van der Waals surface area contributed by atoms with E-state index in [0.717, 1.165) is 31.4 Å². The van der Waals surface area contributed by atoms with Crippen molar-refractivity contribution in [1.29, 1.82) is 0 Å². The molecule has 1 heterocycles. The molecule has 2 fully saturated rings. The summed E-state index contributed by atoms with van der Waals surface area (Å²) in [5.74, 6) is 3.22. The van der Waals surface area contributed by atoms with Crippen molar-refractivity contribution in [3.63, 3.8) is 0 Å². The number of hydrazine groups is 1. The quantitative estimate of drug-likeness (QED) is 0.582. The lowest BCUT2D eigenvalue weighted by Crippen LogP contribution is -2.41. The standard InChI is InChI=1S/C14H17F2N3O2/c15-9-5-8(6-10(16)12(9)19-17)14(20)18-11-3-4-21-13(11)7-1-2-7/h5-7,11,13,19H,1-4,17H2,(H,18,20). The van der Waals surface area contributed by atoms with Crippen LogP contribution in [-0.4, -0.2) is 24.7 Å². The normalized spacial score (nSPS) is 24.9. The maximum Gasteiger partial charge on any atom is 0.251 e. The van der Waals surface area contributed by atoms with Crippen molar-refractivity contribution < 1.29 is 18.3 Å². The number of carbonyl (C=O) groups excluding carboxylic acids is 1. The van der Waals surface area contributed by atoms with Gasteiger partial charge in [-0.3, -0.25) is 10.6 Å². The fourth-order valence-electron chi connectivity index (χ4n) is 2.75. The molecule has 4 N–H and O–H groups in total. The van der Waals surface area contributed by atoms with Crippen molar-refractivity contribution in [2.45, 2.75) is 31.4 Å². The van der Waals surface area contributed by atoms with Gasteiger partial charge in [0, 0.05) is 12.2 Å². The molecule has 7 heteroatoms. The van der Waals surface area contributed by atoms with Crippen molar-refractivity contribution >= 4 is 11.6 Å². The second-order valence-corrected chi connectivity index (χ2v) is 5.50. The van der Waals surface area contributed by atoms with Crippen molar-refractivity contribution in [2.75, 3.05) is 12.0 Å². The smallest absolute Gasteiger partial charge is 0.251 e. The topological polar surface area (TPSA) is 76.4 Å². The minimum absolute atomic E-state index is 0.0219. The first kappa shape index (κ1) is 14.2. The summed E-state index contributed by atoms with van der Waals surface area (Å²) in [6.07, 6.45) is 2.96. The highest BCUT2D eigenvalue weighted by molar-refractivity contribution is 5.94. The number of rotatable bonds is 4. The van der Waals surface area contributed by atoms with Crippen molar-refractivity contribution in [2.24, 2.45) is 11.8 Å². The van der Waals surface area contributed by atoms with Gasteiger partial charge in [0.15, 0.2) is 11.6 Å². The van der Waals surface area contributed by atoms with Crippen molar-refractivity contribution in [3.05, 3.63) is 29.3 Å². The largest absolute Gasteiger partial charge is 0.376 e. The van der Waals surface area contributed by atoms with Gasteiger partial charge in [-0.15, -0.1) is 0 Å². The van der Waals surface area contributed by atoms with Crippen LogP contribution in [0.2, 0.25) is 0 Å². The fourth-order valence-corrected chi connectivity index (χ4v) is 2.75. The van der Waals surface area contributed by atoms with Crippen LogP contribution in [0.4, 0.5) is 14.5 Å². The molecule has 1 saturated heterocycles. The second kappa shape index (κ2) is 5.57. The van der Waals surface area contributed by atoms with E-state index in [9.17, 15) is 13.6 Å². The van der Waals surface area contributed by atoms with E-state index in [4.69, 9.17) is 10.6 Å². The molecule has 0 aromatic heterocycles. The minimum Gasteiger partial charge on any atom is -0.376 e. The van der Waals surface area contributed by atoms with E-state index < -0.39 is 23.2 Å². The Kier molecular flexibility index (Phi) is 3.77. The second-order valence-electron chi connectivity index (χ2n) is 5.50. The number of ether oxygens (including phenoxy) is 1. The highest BCUT2D eigenvalue weighted by Crippen LogP contribution is 2.38. The Morgan fingerprint density at radius 2 is 1.90 bits per heavy atom. The van der Waals surface area contributed by atoms with Gasteiger partial charge in [0.1, 0.15) is 5.69 Å². The molecule has 0 bridgehead atoms. The summed E-state index contributed by atoms with van der Waals surface area (Å²) in [5.41, 5.74) is 1.41. The molecule has 1 saturated carbocycles. The number of nitrogen functional groups attached to an aromatic ring is 1. The Morgan fingerprint density at radius 1 is 1.24 bits per heavy atom. The molecule has 2 atom stereocenters. The number of nitrogens with one attached hydrogen (secondary N) is 2. The van der Waals surface area contributed by atoms with E-state index in [2.05, 4.69) is 5.32 Å². The Bertz CT molecular complexity index is 540. The minimum atomic E-state index is -0.899. The Morgan fingerprint density at radius 3 is 2.48 bits per heavy atom. The van der Waals surface area contributed by atoms with Gasteiger partial charge >= 0.3 is 0 Å². The summed E-state index contributed by atoms with van der Waals surface area (Å²) in [7, 11) is 0. The van der Waals surface area contributed by atoms with E-state index in [1.165, 1.54) is 0 Å². The zero-order valence-corrected chi connectivity index (χ0v) is 11.4. The maximum atomic E-state index is 13.6. The molecule has 0 spiro atoms. The molecular formula is C14H17F2N3O2. The van der Waals surface area contributed by atoms with Gasteiger partial charge < -0.3 is 15.5 Å². The molecule has 1 aliphatic heterocycles. The van der Waals surface area contributed by atoms with Crippen LogP contribution in [-0.2, 0) is 4.74 Å². The summed E-state index contributed by atoms with van der Waals surface area (Å²) in [6, 6.07) is 1.84. The van der Waals surface area contributed by atoms with Gasteiger partial charge in [-0.25, -0.2) is 8.78 Å². The first-order valence-electron chi connectivity index (χ1n) is 6.98. The van der Waals surface area contributed by atoms with Crippen LogP contribution in [0, 0.1) is 17.6 Å². The lowest BCUT2D eigenvalue weighted by atomic mass is 10.1. The monoisotopic (exact) mass is 297 g/mol. The fraction of sp³-hybridized carbons (Fsp3) is 0.500. The van der Waals surface area contributed by atoms with Crippen LogP contribution < -0.4 is 16.6 Å². The molecule has 3 rings (SSSR count). The number of carbonyl (C=O) groups is 1. The lowest BCUT2D eigenvalue weighted by Gasteiger charge is -2.19. The van der Waals surface area contributed by atoms with Crippen LogP contribution >= 0.6 is 0 Å².